The number of rotatable bonds is 8. The van der Waals surface area contributed by atoms with Crippen LogP contribution in [0, 0.1) is 5.92 Å². The highest BCUT2D eigenvalue weighted by molar-refractivity contribution is 7.82. The van der Waals surface area contributed by atoms with E-state index in [4.69, 9.17) is 0 Å². The van der Waals surface area contributed by atoms with Gasteiger partial charge in [-0.1, -0.05) is 36.4 Å². The van der Waals surface area contributed by atoms with Crippen LogP contribution in [0.25, 0.3) is 11.1 Å². The van der Waals surface area contributed by atoms with Gasteiger partial charge in [0.15, 0.2) is 0 Å². The van der Waals surface area contributed by atoms with Gasteiger partial charge in [-0.05, 0) is 100 Å². The molecule has 0 spiro atoms. The molecule has 0 aromatic heterocycles. The topological polar surface area (TPSA) is 23.6 Å². The van der Waals surface area contributed by atoms with Crippen molar-refractivity contribution in [2.24, 2.45) is 5.92 Å². The van der Waals surface area contributed by atoms with Crippen LogP contribution in [0.2, 0.25) is 0 Å². The van der Waals surface area contributed by atoms with Crippen molar-refractivity contribution >= 4 is 11.0 Å². The molecule has 1 unspecified atom stereocenters. The molecule has 0 N–H and O–H groups in total. The highest BCUT2D eigenvalue weighted by Gasteiger charge is 2.25. The minimum atomic E-state index is -1.10. The van der Waals surface area contributed by atoms with Crippen molar-refractivity contribution in [3.8, 4) is 11.1 Å². The first-order valence-corrected chi connectivity index (χ1v) is 13.3. The summed E-state index contributed by atoms with van der Waals surface area (Å²) in [6, 6.07) is 17.1. The Balaban J connectivity index is 1.26. The van der Waals surface area contributed by atoms with Crippen molar-refractivity contribution < 1.29 is 8.60 Å². The zero-order chi connectivity index (χ0) is 22.6. The van der Waals surface area contributed by atoms with Gasteiger partial charge in [-0.2, -0.15) is 0 Å². The Kier molecular flexibility index (Phi) is 7.80. The van der Waals surface area contributed by atoms with E-state index in [9.17, 15) is 8.60 Å². The fraction of sp³-hybridized carbons (Fsp3) is 0.556. The van der Waals surface area contributed by atoms with Crippen LogP contribution in [0.5, 0.6) is 0 Å². The Morgan fingerprint density at radius 3 is 2.03 bits per heavy atom. The standard InChI is InChI=1S/C27H37FN2OS/c1-27(2,28)21-29-19-15-23(16-20-29)6-5-22-7-9-24(10-8-22)25-11-13-26(14-12-25)32(31)30-17-3-4-18-30/h7-14,23H,3-6,15-21H2,1-2H3. The third-order valence-electron chi connectivity index (χ3n) is 6.79. The first-order valence-electron chi connectivity index (χ1n) is 12.1. The molecular weight excluding hydrogens is 419 g/mol. The van der Waals surface area contributed by atoms with Crippen molar-refractivity contribution in [3.05, 3.63) is 54.1 Å². The van der Waals surface area contributed by atoms with Crippen LogP contribution >= 0.6 is 0 Å². The molecule has 1 atom stereocenters. The van der Waals surface area contributed by atoms with E-state index in [0.29, 0.717) is 6.54 Å². The van der Waals surface area contributed by atoms with E-state index in [0.717, 1.165) is 56.3 Å². The van der Waals surface area contributed by atoms with Gasteiger partial charge in [-0.25, -0.2) is 12.9 Å². The third-order valence-corrected chi connectivity index (χ3v) is 8.30. The predicted octanol–water partition coefficient (Wildman–Crippen LogP) is 5.86. The number of benzene rings is 2. The van der Waals surface area contributed by atoms with Gasteiger partial charge in [-0.15, -0.1) is 0 Å². The maximum absolute atomic E-state index is 13.9. The van der Waals surface area contributed by atoms with Gasteiger partial charge in [0.25, 0.3) is 0 Å². The van der Waals surface area contributed by atoms with Gasteiger partial charge in [-0.3, -0.25) is 0 Å². The van der Waals surface area contributed by atoms with E-state index in [-0.39, 0.29) is 0 Å². The molecule has 32 heavy (non-hydrogen) atoms. The molecule has 4 rings (SSSR count). The molecule has 3 nitrogen and oxygen atoms in total. The number of hydrogen-bond acceptors (Lipinski definition) is 2. The average Bonchev–Trinajstić information content (AvgIpc) is 3.33. The van der Waals surface area contributed by atoms with Crippen LogP contribution in [0.4, 0.5) is 4.39 Å². The summed E-state index contributed by atoms with van der Waals surface area (Å²) in [6.45, 7) is 7.82. The lowest BCUT2D eigenvalue weighted by atomic mass is 9.90. The number of piperidine rings is 1. The van der Waals surface area contributed by atoms with Crippen LogP contribution < -0.4 is 0 Å². The lowest BCUT2D eigenvalue weighted by molar-refractivity contribution is 0.0943. The molecular formula is C27H37FN2OS. The summed E-state index contributed by atoms with van der Waals surface area (Å²) in [4.78, 5) is 3.17. The quantitative estimate of drug-likeness (QED) is 0.496. The van der Waals surface area contributed by atoms with E-state index < -0.39 is 16.7 Å². The molecule has 2 aliphatic heterocycles. The molecule has 0 aliphatic carbocycles. The summed E-state index contributed by atoms with van der Waals surface area (Å²) < 4.78 is 28.6. The minimum absolute atomic E-state index is 0.552. The van der Waals surface area contributed by atoms with Crippen LogP contribution in [0.15, 0.2) is 53.4 Å². The number of halogens is 1. The Morgan fingerprint density at radius 2 is 1.47 bits per heavy atom. The van der Waals surface area contributed by atoms with Gasteiger partial charge in [0.1, 0.15) is 16.7 Å². The second-order valence-electron chi connectivity index (χ2n) is 10.1. The second kappa shape index (κ2) is 10.6. The molecule has 174 valence electrons. The smallest absolute Gasteiger partial charge is 0.127 e. The average molecular weight is 457 g/mol. The highest BCUT2D eigenvalue weighted by atomic mass is 32.2. The summed E-state index contributed by atoms with van der Waals surface area (Å²) in [5.41, 5.74) is 2.66. The number of alkyl halides is 1. The Hall–Kier alpha value is -1.56. The van der Waals surface area contributed by atoms with Gasteiger partial charge < -0.3 is 4.90 Å². The summed E-state index contributed by atoms with van der Waals surface area (Å²) >= 11 is 0. The fourth-order valence-electron chi connectivity index (χ4n) is 4.97. The zero-order valence-corrected chi connectivity index (χ0v) is 20.4. The predicted molar refractivity (Wildman–Crippen MR) is 132 cm³/mol. The van der Waals surface area contributed by atoms with E-state index in [2.05, 4.69) is 45.6 Å². The SMILES string of the molecule is CC(C)(F)CN1CCC(CCc2ccc(-c3ccc(S(=O)N4CCCC4)cc3)cc2)CC1. The van der Waals surface area contributed by atoms with Crippen LogP contribution in [-0.4, -0.2) is 51.8 Å². The van der Waals surface area contributed by atoms with E-state index in [1.807, 2.05) is 12.1 Å². The van der Waals surface area contributed by atoms with Crippen molar-refractivity contribution in [1.82, 2.24) is 9.21 Å². The van der Waals surface area contributed by atoms with Crippen molar-refractivity contribution in [2.75, 3.05) is 32.7 Å². The van der Waals surface area contributed by atoms with Crippen LogP contribution in [-0.2, 0) is 17.4 Å². The second-order valence-corrected chi connectivity index (χ2v) is 11.6. The maximum atomic E-state index is 13.9. The molecule has 0 bridgehead atoms. The number of nitrogens with zero attached hydrogens (tertiary/aromatic N) is 2. The van der Waals surface area contributed by atoms with E-state index >= 15 is 0 Å². The largest absolute Gasteiger partial charge is 0.300 e. The molecule has 0 saturated carbocycles. The monoisotopic (exact) mass is 456 g/mol. The number of likely N-dealkylation sites (tertiary alicyclic amines) is 1. The zero-order valence-electron chi connectivity index (χ0n) is 19.6. The summed E-state index contributed by atoms with van der Waals surface area (Å²) in [6.07, 6.45) is 6.97. The Bertz CT molecular complexity index is 877. The molecule has 2 aromatic rings. The van der Waals surface area contributed by atoms with E-state index in [1.54, 1.807) is 13.8 Å². The van der Waals surface area contributed by atoms with Crippen molar-refractivity contribution in [2.45, 2.75) is 62.9 Å². The van der Waals surface area contributed by atoms with Crippen molar-refractivity contribution in [1.29, 1.82) is 0 Å². The molecule has 2 saturated heterocycles. The maximum Gasteiger partial charge on any atom is 0.127 e. The molecule has 2 aromatic carbocycles. The first kappa shape index (κ1) is 23.6. The lowest BCUT2D eigenvalue weighted by Crippen LogP contribution is -2.41. The van der Waals surface area contributed by atoms with Gasteiger partial charge in [0.2, 0.25) is 0 Å². The molecule has 0 amide bonds. The lowest BCUT2D eigenvalue weighted by Gasteiger charge is -2.34. The minimum Gasteiger partial charge on any atom is -0.300 e. The van der Waals surface area contributed by atoms with Gasteiger partial charge >= 0.3 is 0 Å². The third kappa shape index (κ3) is 6.49. The normalized spacial score (nSPS) is 20.0. The summed E-state index contributed by atoms with van der Waals surface area (Å²) in [5, 5.41) is 0. The summed E-state index contributed by atoms with van der Waals surface area (Å²) in [5.74, 6) is 0.748. The molecule has 2 aliphatic rings. The first-order chi connectivity index (χ1) is 15.4. The Labute approximate surface area is 195 Å². The number of hydrogen-bond donors (Lipinski definition) is 0. The molecule has 2 fully saturated rings. The molecule has 0 radical (unpaired) electrons. The molecule has 2 heterocycles. The fourth-order valence-corrected chi connectivity index (χ4v) is 6.22. The molecule has 5 heteroatoms. The van der Waals surface area contributed by atoms with Crippen molar-refractivity contribution in [3.63, 3.8) is 0 Å². The summed E-state index contributed by atoms with van der Waals surface area (Å²) in [7, 11) is -1.03. The van der Waals surface area contributed by atoms with Gasteiger partial charge in [0, 0.05) is 19.6 Å². The van der Waals surface area contributed by atoms with Gasteiger partial charge in [0.05, 0.1) is 4.90 Å². The highest BCUT2D eigenvalue weighted by Crippen LogP contribution is 2.26. The van der Waals surface area contributed by atoms with Crippen LogP contribution in [0.3, 0.4) is 0 Å². The number of aryl methyl sites for hydroxylation is 1. The Morgan fingerprint density at radius 1 is 0.906 bits per heavy atom. The van der Waals surface area contributed by atoms with Crippen LogP contribution in [0.1, 0.15) is 51.5 Å². The van der Waals surface area contributed by atoms with E-state index in [1.165, 1.54) is 36.0 Å².